The molecule has 0 fully saturated rings. The highest BCUT2D eigenvalue weighted by atomic mass is 35.5. The molecule has 1 amide bonds. The summed E-state index contributed by atoms with van der Waals surface area (Å²) in [5.41, 5.74) is -1.25. The second kappa shape index (κ2) is 9.56. The molecule has 0 radical (unpaired) electrons. The summed E-state index contributed by atoms with van der Waals surface area (Å²) in [5.74, 6) is -1.58. The first-order valence-electron chi connectivity index (χ1n) is 7.92. The zero-order valence-corrected chi connectivity index (χ0v) is 16.9. The van der Waals surface area contributed by atoms with E-state index < -0.39 is 36.3 Å². The van der Waals surface area contributed by atoms with Crippen molar-refractivity contribution in [2.75, 3.05) is 11.9 Å². The number of carbonyl (C=O) groups excluding carboxylic acids is 2. The summed E-state index contributed by atoms with van der Waals surface area (Å²) < 4.78 is 48.4. The van der Waals surface area contributed by atoms with E-state index in [1.807, 2.05) is 0 Å². The number of benzene rings is 2. The van der Waals surface area contributed by atoms with Crippen LogP contribution in [0, 0.1) is 0 Å². The normalized spacial score (nSPS) is 12.2. The molecule has 0 unspecified atom stereocenters. The first-order chi connectivity index (χ1) is 13.5. The van der Waals surface area contributed by atoms with Gasteiger partial charge in [0.05, 0.1) is 21.3 Å². The Labute approximate surface area is 178 Å². The third-order valence-electron chi connectivity index (χ3n) is 3.44. The summed E-state index contributed by atoms with van der Waals surface area (Å²) in [5, 5.41) is 2.60. The van der Waals surface area contributed by atoms with Crippen molar-refractivity contribution in [2.24, 2.45) is 0 Å². The monoisotopic (exact) mass is 469 g/mol. The van der Waals surface area contributed by atoms with Gasteiger partial charge in [-0.2, -0.15) is 13.2 Å². The smallest absolute Gasteiger partial charge is 0.416 e. The number of carbonyl (C=O) groups is 2. The molecule has 2 rings (SSSR count). The maximum absolute atomic E-state index is 12.8. The van der Waals surface area contributed by atoms with Crippen molar-refractivity contribution in [3.05, 3.63) is 57.0 Å². The summed E-state index contributed by atoms with van der Waals surface area (Å²) in [4.78, 5) is 23.9. The van der Waals surface area contributed by atoms with Crippen LogP contribution in [0.15, 0.2) is 36.4 Å². The van der Waals surface area contributed by atoms with Crippen LogP contribution in [0.4, 0.5) is 18.9 Å². The minimum Gasteiger partial charge on any atom is -0.477 e. The zero-order chi connectivity index (χ0) is 21.8. The van der Waals surface area contributed by atoms with Gasteiger partial charge in [-0.15, -0.1) is 0 Å². The van der Waals surface area contributed by atoms with Crippen LogP contribution in [0.5, 0.6) is 5.75 Å². The van der Waals surface area contributed by atoms with Crippen molar-refractivity contribution >= 4 is 52.4 Å². The van der Waals surface area contributed by atoms with E-state index >= 15 is 0 Å². The number of amides is 1. The van der Waals surface area contributed by atoms with Crippen molar-refractivity contribution in [3.8, 4) is 5.75 Å². The molecule has 0 aromatic heterocycles. The topological polar surface area (TPSA) is 64.6 Å². The summed E-state index contributed by atoms with van der Waals surface area (Å²) >= 11 is 17.5. The molecule has 0 aliphatic heterocycles. The molecule has 0 bridgehead atoms. The Balaban J connectivity index is 1.92. The number of hydrogen-bond donors (Lipinski definition) is 1. The largest absolute Gasteiger partial charge is 0.477 e. The fourth-order valence-electron chi connectivity index (χ4n) is 2.05. The molecule has 1 N–H and O–H groups in total. The molecular weight excluding hydrogens is 458 g/mol. The fraction of sp³-hybridized carbons (Fsp3) is 0.222. The summed E-state index contributed by atoms with van der Waals surface area (Å²) in [7, 11) is 0. The Morgan fingerprint density at radius 1 is 1.07 bits per heavy atom. The molecule has 2 aromatic rings. The molecule has 0 aliphatic rings. The lowest BCUT2D eigenvalue weighted by Gasteiger charge is -2.15. The molecule has 2 aromatic carbocycles. The SMILES string of the molecule is C[C@@H](Oc1ccc(Cl)cc1Cl)C(=O)OCC(=O)Nc1cc(C(F)(F)F)ccc1Cl. The van der Waals surface area contributed by atoms with Crippen molar-refractivity contribution in [1.29, 1.82) is 0 Å². The Bertz CT molecular complexity index is 922. The highest BCUT2D eigenvalue weighted by Crippen LogP contribution is 2.33. The Kier molecular flexibility index (Phi) is 7.62. The van der Waals surface area contributed by atoms with E-state index in [9.17, 15) is 22.8 Å². The lowest BCUT2D eigenvalue weighted by atomic mass is 10.2. The van der Waals surface area contributed by atoms with Crippen LogP contribution in [-0.4, -0.2) is 24.6 Å². The van der Waals surface area contributed by atoms with Gasteiger partial charge in [0.1, 0.15) is 5.75 Å². The van der Waals surface area contributed by atoms with E-state index in [2.05, 4.69) is 5.32 Å². The summed E-state index contributed by atoms with van der Waals surface area (Å²) in [6, 6.07) is 6.83. The molecule has 11 heteroatoms. The summed E-state index contributed by atoms with van der Waals surface area (Å²) in [6.45, 7) is 0.613. The van der Waals surface area contributed by atoms with E-state index in [-0.39, 0.29) is 21.5 Å². The number of alkyl halides is 3. The highest BCUT2D eigenvalue weighted by molar-refractivity contribution is 6.35. The number of ether oxygens (including phenoxy) is 2. The minimum atomic E-state index is -4.60. The predicted octanol–water partition coefficient (Wildman–Crippen LogP) is 5.61. The highest BCUT2D eigenvalue weighted by Gasteiger charge is 2.31. The van der Waals surface area contributed by atoms with Crippen molar-refractivity contribution in [3.63, 3.8) is 0 Å². The van der Waals surface area contributed by atoms with Gasteiger partial charge < -0.3 is 14.8 Å². The number of hydrogen-bond acceptors (Lipinski definition) is 4. The first kappa shape index (κ1) is 23.1. The van der Waals surface area contributed by atoms with E-state index in [1.54, 1.807) is 0 Å². The second-order valence-corrected chi connectivity index (χ2v) is 6.93. The second-order valence-electron chi connectivity index (χ2n) is 5.68. The van der Waals surface area contributed by atoms with Gasteiger partial charge in [-0.05, 0) is 43.3 Å². The Morgan fingerprint density at radius 2 is 1.76 bits per heavy atom. The minimum absolute atomic E-state index is 0.105. The fourth-order valence-corrected chi connectivity index (χ4v) is 2.66. The van der Waals surface area contributed by atoms with Crippen LogP contribution in [0.1, 0.15) is 12.5 Å². The van der Waals surface area contributed by atoms with Crippen molar-refractivity contribution in [2.45, 2.75) is 19.2 Å². The van der Waals surface area contributed by atoms with Crippen LogP contribution in [0.2, 0.25) is 15.1 Å². The van der Waals surface area contributed by atoms with Crippen LogP contribution in [-0.2, 0) is 20.5 Å². The molecule has 0 spiro atoms. The number of rotatable bonds is 6. The Hall–Kier alpha value is -2.16. The average molecular weight is 471 g/mol. The van der Waals surface area contributed by atoms with Gasteiger partial charge in [-0.25, -0.2) is 4.79 Å². The van der Waals surface area contributed by atoms with Gasteiger partial charge >= 0.3 is 12.1 Å². The number of anilines is 1. The van der Waals surface area contributed by atoms with Gasteiger partial charge in [0, 0.05) is 5.02 Å². The molecule has 0 aliphatic carbocycles. The zero-order valence-electron chi connectivity index (χ0n) is 14.6. The van der Waals surface area contributed by atoms with E-state index in [1.165, 1.54) is 25.1 Å². The van der Waals surface area contributed by atoms with Gasteiger partial charge in [0.25, 0.3) is 5.91 Å². The van der Waals surface area contributed by atoms with Crippen molar-refractivity contribution in [1.82, 2.24) is 0 Å². The van der Waals surface area contributed by atoms with Crippen LogP contribution < -0.4 is 10.1 Å². The summed E-state index contributed by atoms with van der Waals surface area (Å²) in [6.07, 6.45) is -5.72. The van der Waals surface area contributed by atoms with Crippen LogP contribution in [0.3, 0.4) is 0 Å². The van der Waals surface area contributed by atoms with E-state index in [0.717, 1.165) is 12.1 Å². The van der Waals surface area contributed by atoms with Crippen LogP contribution in [0.25, 0.3) is 0 Å². The van der Waals surface area contributed by atoms with Crippen LogP contribution >= 0.6 is 34.8 Å². The van der Waals surface area contributed by atoms with Gasteiger partial charge in [0.15, 0.2) is 12.7 Å². The van der Waals surface area contributed by atoms with Gasteiger partial charge in [-0.1, -0.05) is 34.8 Å². The third-order valence-corrected chi connectivity index (χ3v) is 4.30. The average Bonchev–Trinajstić information content (AvgIpc) is 2.62. The Morgan fingerprint density at radius 3 is 2.38 bits per heavy atom. The number of nitrogens with one attached hydrogen (secondary N) is 1. The van der Waals surface area contributed by atoms with Gasteiger partial charge in [0.2, 0.25) is 0 Å². The lowest BCUT2D eigenvalue weighted by molar-refractivity contribution is -0.153. The molecule has 0 heterocycles. The standard InChI is InChI=1S/C18H13Cl3F3NO4/c1-9(29-15-5-3-11(19)7-13(15)21)17(27)28-8-16(26)25-14-6-10(18(22,23)24)2-4-12(14)20/h2-7,9H,8H2,1H3,(H,25,26)/t9-/m1/s1. The molecule has 1 atom stereocenters. The third kappa shape index (κ3) is 6.69. The maximum atomic E-state index is 12.8. The number of esters is 1. The molecule has 156 valence electrons. The molecular formula is C18H13Cl3F3NO4. The molecule has 0 saturated heterocycles. The molecule has 29 heavy (non-hydrogen) atoms. The molecule has 5 nitrogen and oxygen atoms in total. The van der Waals surface area contributed by atoms with E-state index in [4.69, 9.17) is 44.3 Å². The molecule has 0 saturated carbocycles. The quantitative estimate of drug-likeness (QED) is 0.557. The number of halogens is 6. The van der Waals surface area contributed by atoms with Crippen molar-refractivity contribution < 1.29 is 32.2 Å². The van der Waals surface area contributed by atoms with E-state index in [0.29, 0.717) is 11.1 Å². The maximum Gasteiger partial charge on any atom is 0.416 e. The predicted molar refractivity (Wildman–Crippen MR) is 103 cm³/mol. The first-order valence-corrected chi connectivity index (χ1v) is 9.05. The lowest BCUT2D eigenvalue weighted by Crippen LogP contribution is -2.30. The van der Waals surface area contributed by atoms with Gasteiger partial charge in [-0.3, -0.25) is 4.79 Å².